The summed E-state index contributed by atoms with van der Waals surface area (Å²) < 4.78 is 18.9. The van der Waals surface area contributed by atoms with E-state index in [0.717, 1.165) is 18.4 Å². The number of nitrogens with one attached hydrogen (secondary N) is 1. The molecule has 0 amide bonds. The van der Waals surface area contributed by atoms with Crippen molar-refractivity contribution in [1.29, 1.82) is 5.26 Å². The first kappa shape index (κ1) is 12.8. The van der Waals surface area contributed by atoms with Crippen molar-refractivity contribution in [3.05, 3.63) is 29.6 Å². The summed E-state index contributed by atoms with van der Waals surface area (Å²) in [6, 6.07) is 7.31. The van der Waals surface area contributed by atoms with Crippen LogP contribution >= 0.6 is 0 Å². The first-order valence-corrected chi connectivity index (χ1v) is 6.10. The number of rotatable bonds is 5. The van der Waals surface area contributed by atoms with E-state index in [-0.39, 0.29) is 12.4 Å². The Labute approximate surface area is 107 Å². The van der Waals surface area contributed by atoms with Crippen LogP contribution < -0.4 is 10.1 Å². The molecule has 4 heteroatoms. The summed E-state index contributed by atoms with van der Waals surface area (Å²) in [6.07, 6.45) is 2.19. The predicted octanol–water partition coefficient (Wildman–Crippen LogP) is 2.55. The van der Waals surface area contributed by atoms with E-state index >= 15 is 0 Å². The molecule has 1 aliphatic rings. The van der Waals surface area contributed by atoms with E-state index < -0.39 is 11.4 Å². The molecule has 0 heterocycles. The fourth-order valence-corrected chi connectivity index (χ4v) is 1.73. The first-order valence-electron chi connectivity index (χ1n) is 6.10. The molecule has 3 nitrogen and oxygen atoms in total. The summed E-state index contributed by atoms with van der Waals surface area (Å²) in [5.41, 5.74) is 0.164. The van der Waals surface area contributed by atoms with E-state index in [9.17, 15) is 9.65 Å². The molecule has 0 spiro atoms. The molecular formula is C14H17FN2O. The molecule has 0 saturated heterocycles. The number of hydrogen-bond acceptors (Lipinski definition) is 3. The third-order valence-corrected chi connectivity index (χ3v) is 2.95. The Bertz CT molecular complexity index is 479. The molecule has 1 aromatic rings. The Morgan fingerprint density at radius 1 is 1.56 bits per heavy atom. The molecule has 0 radical (unpaired) electrons. The van der Waals surface area contributed by atoms with Crippen LogP contribution in [0.25, 0.3) is 0 Å². The minimum absolute atomic E-state index is 0.139. The maximum absolute atomic E-state index is 13.5. The third kappa shape index (κ3) is 3.21. The lowest BCUT2D eigenvalue weighted by Gasteiger charge is -2.23. The zero-order chi connectivity index (χ0) is 13.2. The summed E-state index contributed by atoms with van der Waals surface area (Å²) >= 11 is 0. The van der Waals surface area contributed by atoms with Crippen molar-refractivity contribution in [2.45, 2.75) is 38.3 Å². The van der Waals surface area contributed by atoms with Gasteiger partial charge in [-0.3, -0.25) is 5.32 Å². The Balaban J connectivity index is 2.00. The SMILES string of the molecule is Cc1ccc(F)c(OCC(C)(C#N)NC2CC2)c1. The molecule has 1 aromatic carbocycles. The number of nitriles is 1. The van der Waals surface area contributed by atoms with Crippen LogP contribution in [0.1, 0.15) is 25.3 Å². The van der Waals surface area contributed by atoms with Gasteiger partial charge in [0, 0.05) is 6.04 Å². The molecule has 1 atom stereocenters. The van der Waals surface area contributed by atoms with Gasteiger partial charge >= 0.3 is 0 Å². The topological polar surface area (TPSA) is 45.0 Å². The first-order chi connectivity index (χ1) is 8.52. The van der Waals surface area contributed by atoms with Gasteiger partial charge in [-0.05, 0) is 44.4 Å². The fraction of sp³-hybridized carbons (Fsp3) is 0.500. The van der Waals surface area contributed by atoms with Crippen LogP contribution in [0.2, 0.25) is 0 Å². The van der Waals surface area contributed by atoms with Gasteiger partial charge in [-0.1, -0.05) is 6.07 Å². The normalized spacial score (nSPS) is 17.9. The quantitative estimate of drug-likeness (QED) is 0.871. The molecule has 1 N–H and O–H groups in total. The molecule has 18 heavy (non-hydrogen) atoms. The second kappa shape index (κ2) is 4.95. The van der Waals surface area contributed by atoms with Crippen LogP contribution in [-0.2, 0) is 0 Å². The lowest BCUT2D eigenvalue weighted by molar-refractivity contribution is 0.224. The van der Waals surface area contributed by atoms with Crippen molar-refractivity contribution >= 4 is 0 Å². The smallest absolute Gasteiger partial charge is 0.165 e. The Morgan fingerprint density at radius 2 is 2.28 bits per heavy atom. The molecular weight excluding hydrogens is 231 g/mol. The molecule has 96 valence electrons. The molecule has 1 saturated carbocycles. The summed E-state index contributed by atoms with van der Waals surface area (Å²) in [5, 5.41) is 12.4. The zero-order valence-electron chi connectivity index (χ0n) is 10.7. The zero-order valence-corrected chi connectivity index (χ0v) is 10.7. The molecule has 1 aliphatic carbocycles. The standard InChI is InChI=1S/C14H17FN2O/c1-10-3-6-12(15)13(7-10)18-9-14(2,8-16)17-11-4-5-11/h3,6-7,11,17H,4-5,9H2,1-2H3. The highest BCUT2D eigenvalue weighted by atomic mass is 19.1. The monoisotopic (exact) mass is 248 g/mol. The lowest BCUT2D eigenvalue weighted by atomic mass is 10.1. The van der Waals surface area contributed by atoms with Gasteiger partial charge in [0.1, 0.15) is 12.1 Å². The van der Waals surface area contributed by atoms with Gasteiger partial charge in [0.25, 0.3) is 0 Å². The number of hydrogen-bond donors (Lipinski definition) is 1. The highest BCUT2D eigenvalue weighted by Crippen LogP contribution is 2.24. The summed E-state index contributed by atoms with van der Waals surface area (Å²) in [6.45, 7) is 3.79. The maximum atomic E-state index is 13.5. The van der Waals surface area contributed by atoms with Gasteiger partial charge in [0.2, 0.25) is 0 Å². The van der Waals surface area contributed by atoms with Gasteiger partial charge < -0.3 is 4.74 Å². The average Bonchev–Trinajstić information content (AvgIpc) is 3.14. The van der Waals surface area contributed by atoms with E-state index in [0.29, 0.717) is 6.04 Å². The van der Waals surface area contributed by atoms with Crippen LogP contribution in [0.3, 0.4) is 0 Å². The van der Waals surface area contributed by atoms with E-state index in [1.165, 1.54) is 6.07 Å². The van der Waals surface area contributed by atoms with Gasteiger partial charge in [-0.25, -0.2) is 4.39 Å². The third-order valence-electron chi connectivity index (χ3n) is 2.95. The number of halogens is 1. The second-order valence-electron chi connectivity index (χ2n) is 5.09. The summed E-state index contributed by atoms with van der Waals surface area (Å²) in [5.74, 6) is -0.193. The van der Waals surface area contributed by atoms with E-state index in [2.05, 4.69) is 11.4 Å². The fourth-order valence-electron chi connectivity index (χ4n) is 1.73. The Hall–Kier alpha value is -1.60. The highest BCUT2D eigenvalue weighted by Gasteiger charge is 2.33. The van der Waals surface area contributed by atoms with Crippen LogP contribution in [0.15, 0.2) is 18.2 Å². The van der Waals surface area contributed by atoms with Crippen molar-refractivity contribution in [2.24, 2.45) is 0 Å². The van der Waals surface area contributed by atoms with Gasteiger partial charge in [-0.15, -0.1) is 0 Å². The second-order valence-corrected chi connectivity index (χ2v) is 5.09. The number of ether oxygens (including phenoxy) is 1. The minimum Gasteiger partial charge on any atom is -0.487 e. The molecule has 1 fully saturated rings. The van der Waals surface area contributed by atoms with Gasteiger partial charge in [0.05, 0.1) is 6.07 Å². The maximum Gasteiger partial charge on any atom is 0.165 e. The average molecular weight is 248 g/mol. The van der Waals surface area contributed by atoms with Crippen LogP contribution in [-0.4, -0.2) is 18.2 Å². The van der Waals surface area contributed by atoms with Gasteiger partial charge in [0.15, 0.2) is 11.6 Å². The van der Waals surface area contributed by atoms with Gasteiger partial charge in [-0.2, -0.15) is 5.26 Å². The lowest BCUT2D eigenvalue weighted by Crippen LogP contribution is -2.47. The van der Waals surface area contributed by atoms with E-state index in [1.54, 1.807) is 19.1 Å². The van der Waals surface area contributed by atoms with E-state index in [4.69, 9.17) is 4.74 Å². The predicted molar refractivity (Wildman–Crippen MR) is 66.8 cm³/mol. The van der Waals surface area contributed by atoms with Crippen molar-refractivity contribution in [3.8, 4) is 11.8 Å². The molecule has 2 rings (SSSR count). The molecule has 0 aliphatic heterocycles. The van der Waals surface area contributed by atoms with Crippen molar-refractivity contribution < 1.29 is 9.13 Å². The summed E-state index contributed by atoms with van der Waals surface area (Å²) in [7, 11) is 0. The van der Waals surface area contributed by atoms with Crippen LogP contribution in [0.5, 0.6) is 5.75 Å². The summed E-state index contributed by atoms with van der Waals surface area (Å²) in [4.78, 5) is 0. The van der Waals surface area contributed by atoms with Crippen molar-refractivity contribution in [3.63, 3.8) is 0 Å². The number of benzene rings is 1. The molecule has 1 unspecified atom stereocenters. The molecule has 0 aromatic heterocycles. The largest absolute Gasteiger partial charge is 0.487 e. The number of nitrogens with zero attached hydrogens (tertiary/aromatic N) is 1. The Kier molecular flexibility index (Phi) is 3.53. The molecule has 0 bridgehead atoms. The van der Waals surface area contributed by atoms with Crippen molar-refractivity contribution in [1.82, 2.24) is 5.32 Å². The van der Waals surface area contributed by atoms with Crippen LogP contribution in [0.4, 0.5) is 4.39 Å². The van der Waals surface area contributed by atoms with Crippen LogP contribution in [0, 0.1) is 24.1 Å². The number of aryl methyl sites for hydroxylation is 1. The Morgan fingerprint density at radius 3 is 2.89 bits per heavy atom. The minimum atomic E-state index is -0.767. The van der Waals surface area contributed by atoms with E-state index in [1.807, 2.05) is 6.92 Å². The highest BCUT2D eigenvalue weighted by molar-refractivity contribution is 5.29. The van der Waals surface area contributed by atoms with Crippen molar-refractivity contribution in [2.75, 3.05) is 6.61 Å².